The van der Waals surface area contributed by atoms with E-state index in [1.807, 2.05) is 22.9 Å². The maximum Gasteiger partial charge on any atom is 0.216 e. The van der Waals surface area contributed by atoms with Crippen molar-refractivity contribution in [3.05, 3.63) is 82.9 Å². The smallest absolute Gasteiger partial charge is 0.216 e. The van der Waals surface area contributed by atoms with E-state index in [1.165, 1.54) is 0 Å². The molecule has 1 aliphatic rings. The number of aromatic nitrogens is 2. The molecule has 0 radical (unpaired) electrons. The average molecular weight is 485 g/mol. The van der Waals surface area contributed by atoms with Crippen molar-refractivity contribution in [3.8, 4) is 0 Å². The number of hydrogen-bond acceptors (Lipinski definition) is 4. The van der Waals surface area contributed by atoms with Gasteiger partial charge in [-0.05, 0) is 60.9 Å². The first-order valence-electron chi connectivity index (χ1n) is 11.1. The van der Waals surface area contributed by atoms with Crippen LogP contribution in [0.2, 0.25) is 5.02 Å². The molecule has 0 spiro atoms. The lowest BCUT2D eigenvalue weighted by atomic mass is 10.1. The molecule has 0 bridgehead atoms. The number of hydrogen-bond donors (Lipinski definition) is 0. The van der Waals surface area contributed by atoms with Crippen molar-refractivity contribution in [2.24, 2.45) is 0 Å². The van der Waals surface area contributed by atoms with Gasteiger partial charge in [-0.3, -0.25) is 0 Å². The van der Waals surface area contributed by atoms with Gasteiger partial charge in [-0.2, -0.15) is 4.31 Å². The second-order valence-corrected chi connectivity index (χ2v) is 11.5. The molecule has 174 valence electrons. The van der Waals surface area contributed by atoms with Crippen LogP contribution >= 0.6 is 11.6 Å². The summed E-state index contributed by atoms with van der Waals surface area (Å²) in [5.74, 6) is 0. The molecule has 0 atom stereocenters. The molecule has 33 heavy (non-hydrogen) atoms. The largest absolute Gasteiger partial charge is 0.369 e. The Morgan fingerprint density at radius 1 is 1.00 bits per heavy atom. The van der Waals surface area contributed by atoms with Gasteiger partial charge < -0.3 is 9.47 Å². The Hall–Kier alpha value is -2.61. The molecule has 0 N–H and O–H groups in total. The van der Waals surface area contributed by atoms with Crippen LogP contribution in [-0.4, -0.2) is 53.7 Å². The third-order valence-electron chi connectivity index (χ3n) is 5.82. The summed E-state index contributed by atoms with van der Waals surface area (Å²) < 4.78 is 28.4. The predicted octanol–water partition coefficient (Wildman–Crippen LogP) is 4.62. The van der Waals surface area contributed by atoms with Crippen molar-refractivity contribution < 1.29 is 8.42 Å². The first kappa shape index (κ1) is 23.5. The van der Waals surface area contributed by atoms with E-state index in [2.05, 4.69) is 52.4 Å². The third kappa shape index (κ3) is 5.85. The highest BCUT2D eigenvalue weighted by Crippen LogP contribution is 2.22. The fourth-order valence-electron chi connectivity index (χ4n) is 3.94. The number of piperazine rings is 1. The van der Waals surface area contributed by atoms with Crippen molar-refractivity contribution in [2.75, 3.05) is 31.1 Å². The summed E-state index contributed by atoms with van der Waals surface area (Å²) in [6.07, 6.45) is 9.63. The number of sulfonamides is 1. The molecular formula is C25H29ClN4O2S. The summed E-state index contributed by atoms with van der Waals surface area (Å²) in [4.78, 5) is 6.32. The summed E-state index contributed by atoms with van der Waals surface area (Å²) >= 11 is 6.33. The normalized spacial score (nSPS) is 15.6. The molecule has 1 fully saturated rings. The van der Waals surface area contributed by atoms with E-state index in [0.29, 0.717) is 31.2 Å². The van der Waals surface area contributed by atoms with E-state index in [9.17, 15) is 8.42 Å². The molecular weight excluding hydrogens is 456 g/mol. The topological polar surface area (TPSA) is 58.4 Å². The number of anilines is 1. The minimum absolute atomic E-state index is 0.378. The van der Waals surface area contributed by atoms with Gasteiger partial charge in [0, 0.05) is 55.8 Å². The third-order valence-corrected chi connectivity index (χ3v) is 8.32. The molecule has 0 aliphatic carbocycles. The van der Waals surface area contributed by atoms with E-state index >= 15 is 0 Å². The molecule has 1 aromatic heterocycles. The van der Waals surface area contributed by atoms with E-state index in [4.69, 9.17) is 11.6 Å². The Bertz CT molecular complexity index is 1200. The van der Waals surface area contributed by atoms with Crippen LogP contribution in [0.25, 0.3) is 12.2 Å². The first-order valence-corrected chi connectivity index (χ1v) is 13.0. The van der Waals surface area contributed by atoms with Gasteiger partial charge in [-0.15, -0.1) is 0 Å². The Morgan fingerprint density at radius 2 is 1.70 bits per heavy atom. The minimum atomic E-state index is -3.18. The van der Waals surface area contributed by atoms with Crippen LogP contribution in [-0.2, 0) is 16.6 Å². The van der Waals surface area contributed by atoms with Gasteiger partial charge in [-0.1, -0.05) is 35.9 Å². The van der Waals surface area contributed by atoms with Gasteiger partial charge in [0.05, 0.1) is 11.6 Å². The lowest BCUT2D eigenvalue weighted by Crippen LogP contribution is -2.50. The summed E-state index contributed by atoms with van der Waals surface area (Å²) in [5.41, 5.74) is 4.37. The quantitative estimate of drug-likeness (QED) is 0.459. The van der Waals surface area contributed by atoms with Gasteiger partial charge in [0.25, 0.3) is 0 Å². The van der Waals surface area contributed by atoms with Gasteiger partial charge in [0.2, 0.25) is 10.0 Å². The molecule has 2 aromatic carbocycles. The van der Waals surface area contributed by atoms with Crippen LogP contribution < -0.4 is 4.90 Å². The fraction of sp³-hybridized carbons (Fsp3) is 0.320. The fourth-order valence-corrected chi connectivity index (χ4v) is 5.48. The lowest BCUT2D eigenvalue weighted by molar-refractivity contribution is 0.381. The maximum absolute atomic E-state index is 12.4. The average Bonchev–Trinajstić information content (AvgIpc) is 3.31. The van der Waals surface area contributed by atoms with E-state index < -0.39 is 10.0 Å². The van der Waals surface area contributed by atoms with Crippen molar-refractivity contribution in [1.29, 1.82) is 0 Å². The number of benzene rings is 2. The van der Waals surface area contributed by atoms with Crippen molar-refractivity contribution in [3.63, 3.8) is 0 Å². The summed E-state index contributed by atoms with van der Waals surface area (Å²) in [6, 6.07) is 14.4. The SMILES string of the molecule is CC(C)S(=O)(=O)N1CCN(c2ccc(/C=C/c3cc(Cl)cc(Cn4ccnc4)c3)cc2)CC1. The number of imidazole rings is 1. The highest BCUT2D eigenvalue weighted by Gasteiger charge is 2.29. The van der Waals surface area contributed by atoms with Gasteiger partial charge in [-0.25, -0.2) is 13.4 Å². The number of rotatable bonds is 7. The summed E-state index contributed by atoms with van der Waals surface area (Å²) in [7, 11) is -3.18. The molecule has 6 nitrogen and oxygen atoms in total. The second kappa shape index (κ2) is 10.1. The van der Waals surface area contributed by atoms with Crippen LogP contribution in [0.15, 0.2) is 61.2 Å². The molecule has 8 heteroatoms. The Labute approximate surface area is 201 Å². The molecule has 1 aliphatic heterocycles. The van der Waals surface area contributed by atoms with Gasteiger partial charge in [0.1, 0.15) is 0 Å². The van der Waals surface area contributed by atoms with Crippen LogP contribution in [0.4, 0.5) is 5.69 Å². The van der Waals surface area contributed by atoms with E-state index in [0.717, 1.165) is 28.9 Å². The van der Waals surface area contributed by atoms with Gasteiger partial charge in [0.15, 0.2) is 0 Å². The molecule has 0 amide bonds. The monoisotopic (exact) mass is 484 g/mol. The maximum atomic E-state index is 12.4. The van der Waals surface area contributed by atoms with Crippen LogP contribution in [0.1, 0.15) is 30.5 Å². The first-order chi connectivity index (χ1) is 15.8. The van der Waals surface area contributed by atoms with E-state index in [-0.39, 0.29) is 5.25 Å². The van der Waals surface area contributed by atoms with Crippen LogP contribution in [0.3, 0.4) is 0 Å². The van der Waals surface area contributed by atoms with E-state index in [1.54, 1.807) is 30.7 Å². The van der Waals surface area contributed by atoms with Crippen molar-refractivity contribution in [1.82, 2.24) is 13.9 Å². The summed E-state index contributed by atoms with van der Waals surface area (Å²) in [5, 5.41) is 0.331. The van der Waals surface area contributed by atoms with Crippen LogP contribution in [0.5, 0.6) is 0 Å². The summed E-state index contributed by atoms with van der Waals surface area (Å²) in [6.45, 7) is 6.64. The highest BCUT2D eigenvalue weighted by atomic mass is 35.5. The molecule has 0 saturated carbocycles. The van der Waals surface area contributed by atoms with Gasteiger partial charge >= 0.3 is 0 Å². The molecule has 4 rings (SSSR count). The lowest BCUT2D eigenvalue weighted by Gasteiger charge is -2.36. The predicted molar refractivity (Wildman–Crippen MR) is 136 cm³/mol. The number of nitrogens with zero attached hydrogens (tertiary/aromatic N) is 4. The second-order valence-electron chi connectivity index (χ2n) is 8.53. The zero-order chi connectivity index (χ0) is 23.4. The Kier molecular flexibility index (Phi) is 7.22. The van der Waals surface area contributed by atoms with Crippen molar-refractivity contribution in [2.45, 2.75) is 25.6 Å². The standard InChI is InChI=1S/C25H29ClN4O2S/c1-20(2)33(31,32)30-13-11-29(12-14-30)25-7-5-21(6-8-25)3-4-22-15-23(17-24(26)16-22)18-28-10-9-27-19-28/h3-10,15-17,19-20H,11-14,18H2,1-2H3/b4-3+. The molecule has 1 saturated heterocycles. The van der Waals surface area contributed by atoms with Crippen LogP contribution in [0, 0.1) is 0 Å². The molecule has 2 heterocycles. The molecule has 3 aromatic rings. The zero-order valence-electron chi connectivity index (χ0n) is 18.9. The van der Waals surface area contributed by atoms with Crippen molar-refractivity contribution >= 4 is 39.5 Å². The highest BCUT2D eigenvalue weighted by molar-refractivity contribution is 7.89. The number of halogens is 1. The zero-order valence-corrected chi connectivity index (χ0v) is 20.5. The molecule has 0 unspecified atom stereocenters. The minimum Gasteiger partial charge on any atom is -0.369 e. The Morgan fingerprint density at radius 3 is 2.33 bits per heavy atom. The Balaban J connectivity index is 1.39.